The van der Waals surface area contributed by atoms with Crippen LogP contribution < -0.4 is 42.5 Å². The topological polar surface area (TPSA) is 352 Å². The van der Waals surface area contributed by atoms with Gasteiger partial charge in [0.05, 0.1) is 48.7 Å². The molecule has 0 bridgehead atoms. The molecule has 0 aliphatic carbocycles. The Labute approximate surface area is 631 Å². The highest BCUT2D eigenvalue weighted by molar-refractivity contribution is 7.09. The number of hydrogen-bond acceptors (Lipinski definition) is 17. The number of carbonyl (C=O) groups excluding carboxylic acids is 9. The van der Waals surface area contributed by atoms with Crippen LogP contribution in [0.15, 0.2) is 90.4 Å². The molecule has 1 fully saturated rings. The van der Waals surface area contributed by atoms with Gasteiger partial charge < -0.3 is 71.5 Å². The fourth-order valence-corrected chi connectivity index (χ4v) is 13.3. The van der Waals surface area contributed by atoms with Gasteiger partial charge in [-0.15, -0.1) is 11.3 Å². The largest absolute Gasteiger partial charge is 0.490 e. The number of carbonyl (C=O) groups is 10. The van der Waals surface area contributed by atoms with Gasteiger partial charge >= 0.3 is 30.4 Å². The Morgan fingerprint density at radius 3 is 1.90 bits per heavy atom. The van der Waals surface area contributed by atoms with Crippen molar-refractivity contribution in [1.29, 1.82) is 0 Å². The van der Waals surface area contributed by atoms with Gasteiger partial charge in [-0.1, -0.05) is 123 Å². The van der Waals surface area contributed by atoms with Crippen molar-refractivity contribution in [3.63, 3.8) is 0 Å². The number of likely N-dealkylation sites (tertiary alicyclic amines) is 1. The molecular formula is C76H113F3N12O15S. The van der Waals surface area contributed by atoms with Crippen molar-refractivity contribution >= 4 is 82.3 Å². The number of alkyl halides is 3. The average Bonchev–Trinajstić information content (AvgIpc) is 1.79. The van der Waals surface area contributed by atoms with Crippen LogP contribution in [0.5, 0.6) is 0 Å². The molecule has 1 aliphatic heterocycles. The van der Waals surface area contributed by atoms with E-state index in [-0.39, 0.29) is 85.4 Å². The van der Waals surface area contributed by atoms with Gasteiger partial charge in [-0.2, -0.15) is 13.2 Å². The van der Waals surface area contributed by atoms with Crippen LogP contribution in [0.3, 0.4) is 0 Å². The summed E-state index contributed by atoms with van der Waals surface area (Å²) in [5.74, 6) is -6.34. The van der Waals surface area contributed by atoms with Gasteiger partial charge in [-0.3, -0.25) is 38.6 Å². The Kier molecular flexibility index (Phi) is 36.5. The van der Waals surface area contributed by atoms with Gasteiger partial charge in [0.15, 0.2) is 0 Å². The molecule has 0 spiro atoms. The molecule has 0 saturated carbocycles. The van der Waals surface area contributed by atoms with E-state index in [1.165, 1.54) is 16.2 Å². The second-order valence-electron chi connectivity index (χ2n) is 29.0. The monoisotopic (exact) mass is 1520 g/mol. The van der Waals surface area contributed by atoms with E-state index in [0.717, 1.165) is 22.6 Å². The summed E-state index contributed by atoms with van der Waals surface area (Å²) < 4.78 is 55.0. The average molecular weight is 1520 g/mol. The number of carboxylic acid groups (broad SMARTS) is 1. The maximum absolute atomic E-state index is 14.9. The number of halogens is 3. The molecule has 0 unspecified atom stereocenters. The van der Waals surface area contributed by atoms with Gasteiger partial charge in [-0.25, -0.2) is 24.2 Å². The van der Waals surface area contributed by atoms with Crippen molar-refractivity contribution in [2.75, 3.05) is 65.2 Å². The number of thiazole rings is 1. The number of alkyl carbamates (subject to hydrolysis) is 1. The number of rotatable bonds is 37. The summed E-state index contributed by atoms with van der Waals surface area (Å²) in [5, 5.41) is 26.8. The maximum atomic E-state index is 14.9. The number of nitrogens with two attached hydrogens (primary N) is 1. The number of amides is 10. The number of nitrogens with one attached hydrogen (secondary N) is 6. The molecule has 5 rings (SSSR count). The van der Waals surface area contributed by atoms with Crippen LogP contribution in [0.1, 0.15) is 149 Å². The molecule has 1 saturated heterocycles. The first kappa shape index (κ1) is 90.5. The summed E-state index contributed by atoms with van der Waals surface area (Å²) in [5.41, 5.74) is 8.06. The quantitative estimate of drug-likeness (QED) is 0.0195. The second-order valence-corrected chi connectivity index (χ2v) is 29.9. The third kappa shape index (κ3) is 28.9. The standard InChI is InChI=1S/C74H112N12O13S.C2HF3O2/c1-18-48(8)63(58(96-16)43-59(87)86-39-23-27-57(86)64(97-17)49(9)65(88)80-56(69-76-38-41-100-69)42-51-24-20-19-21-25-51)85(15)70(92)61(46(4)5)81-68(91)62(47(6)7)83(13)40-36-50-30-34-54(35-31-50)84(14)73(95)98-44-52-28-32-53(33-29-52)78-66(89)55(26-22-37-77-71(75)93)79-67(90)60(45(2)3)82-72(94)99-74(10,11)12;3-2(4,5)1(6)7/h19-21,24-25,28-35,38,41,45-49,55-58,60-64H,18,22-23,26-27,36-37,39-40,42-44H2,1-17H3,(H,78,89)(H,79,90)(H,80,88)(H,81,91)(H,82,94)(H3,75,77,93);(H,6,7)/t48-,49+,55-,56-,57-,58+,60-,61-,62-,63-,64+;/m0./s1. The van der Waals surface area contributed by atoms with Crippen molar-refractivity contribution in [1.82, 2.24) is 46.3 Å². The zero-order valence-electron chi connectivity index (χ0n) is 64.7. The van der Waals surface area contributed by atoms with E-state index in [0.29, 0.717) is 62.1 Å². The number of urea groups is 1. The minimum atomic E-state index is -5.08. The zero-order valence-corrected chi connectivity index (χ0v) is 65.6. The number of anilines is 2. The van der Waals surface area contributed by atoms with Crippen LogP contribution in [0, 0.1) is 29.6 Å². The number of likely N-dealkylation sites (N-methyl/N-ethyl adjacent to an activating group) is 2. The molecule has 1 aliphatic rings. The third-order valence-corrected chi connectivity index (χ3v) is 19.5. The lowest BCUT2D eigenvalue weighted by Crippen LogP contribution is -2.60. The van der Waals surface area contributed by atoms with E-state index in [4.69, 9.17) is 34.6 Å². The Morgan fingerprint density at radius 1 is 0.748 bits per heavy atom. The number of nitrogens with zero attached hydrogens (tertiary/aromatic N) is 5. The highest BCUT2D eigenvalue weighted by Crippen LogP contribution is 2.32. The van der Waals surface area contributed by atoms with Crippen molar-refractivity contribution in [2.24, 2.45) is 35.3 Å². The Morgan fingerprint density at radius 2 is 1.36 bits per heavy atom. The van der Waals surface area contributed by atoms with Crippen LogP contribution in [-0.4, -0.2) is 200 Å². The molecule has 10 amide bonds. The first-order valence-corrected chi connectivity index (χ1v) is 37.0. The molecule has 9 N–H and O–H groups in total. The zero-order chi connectivity index (χ0) is 80.2. The van der Waals surface area contributed by atoms with Gasteiger partial charge in [0.25, 0.3) is 0 Å². The first-order valence-electron chi connectivity index (χ1n) is 36.1. The molecule has 31 heteroatoms. The number of aromatic nitrogens is 1. The van der Waals surface area contributed by atoms with Gasteiger partial charge in [0.2, 0.25) is 35.4 Å². The summed E-state index contributed by atoms with van der Waals surface area (Å²) in [6, 6.07) is 18.5. The van der Waals surface area contributed by atoms with E-state index >= 15 is 0 Å². The number of ether oxygens (including phenoxy) is 4. The maximum Gasteiger partial charge on any atom is 0.490 e. The molecule has 0 radical (unpaired) electrons. The van der Waals surface area contributed by atoms with E-state index in [1.54, 1.807) is 98.3 Å². The number of methoxy groups -OCH3 is 2. The van der Waals surface area contributed by atoms with Gasteiger partial charge in [0, 0.05) is 70.9 Å². The number of carboxylic acids is 1. The normalized spacial score (nSPS) is 15.9. The van der Waals surface area contributed by atoms with Crippen LogP contribution in [0.4, 0.5) is 38.9 Å². The summed E-state index contributed by atoms with van der Waals surface area (Å²) in [7, 11) is 8.35. The fourth-order valence-electron chi connectivity index (χ4n) is 12.7. The third-order valence-electron chi connectivity index (χ3n) is 18.6. The summed E-state index contributed by atoms with van der Waals surface area (Å²) >= 11 is 1.48. The first-order chi connectivity index (χ1) is 50.2. The number of benzene rings is 3. The molecule has 2 heterocycles. The van der Waals surface area contributed by atoms with Crippen molar-refractivity contribution in [3.8, 4) is 0 Å². The molecule has 4 aromatic rings. The lowest BCUT2D eigenvalue weighted by atomic mass is 9.89. The Balaban J connectivity index is 0.00000328. The smallest absolute Gasteiger partial charge is 0.475 e. The molecular weight excluding hydrogens is 1410 g/mol. The molecule has 11 atom stereocenters. The molecule has 107 heavy (non-hydrogen) atoms. The van der Waals surface area contributed by atoms with Gasteiger partial charge in [0.1, 0.15) is 35.3 Å². The summed E-state index contributed by atoms with van der Waals surface area (Å²) in [6.07, 6.45) is -2.45. The number of hydrogen-bond donors (Lipinski definition) is 8. The van der Waals surface area contributed by atoms with E-state index in [9.17, 15) is 56.3 Å². The highest BCUT2D eigenvalue weighted by atomic mass is 32.1. The Bertz CT molecular complexity index is 3500. The number of primary amides is 1. The summed E-state index contributed by atoms with van der Waals surface area (Å²) in [4.78, 5) is 143. The fraction of sp³-hybridized carbons (Fsp3) is 0.592. The van der Waals surface area contributed by atoms with Crippen molar-refractivity contribution < 1.29 is 85.2 Å². The SMILES string of the molecule is CC[C@H](C)[C@@H]([C@@H](CC(=O)N1CCC[C@H]1[C@H](OC)[C@@H](C)C(=O)N[C@@H](Cc1ccccc1)c1nccs1)OC)N(C)C(=O)[C@@H](NC(=O)[C@H](C(C)C)N(C)CCc1ccc(N(C)C(=O)OCc2ccc(NC(=O)[C@H](CCCNC(N)=O)NC(=O)[C@@H](NC(=O)OC(C)(C)C)C(C)C)cc2)cc1)C(C)C.O=C(O)C(F)(F)F. The predicted molar refractivity (Wildman–Crippen MR) is 402 cm³/mol. The van der Waals surface area contributed by atoms with Crippen LogP contribution in [0.25, 0.3) is 0 Å². The minimum absolute atomic E-state index is 0.0211. The minimum Gasteiger partial charge on any atom is -0.475 e. The predicted octanol–water partition coefficient (Wildman–Crippen LogP) is 9.63. The molecule has 27 nitrogen and oxygen atoms in total. The van der Waals surface area contributed by atoms with Crippen molar-refractivity contribution in [2.45, 2.75) is 207 Å². The van der Waals surface area contributed by atoms with Gasteiger partial charge in [-0.05, 0) is 131 Å². The lowest BCUT2D eigenvalue weighted by molar-refractivity contribution is -0.192. The van der Waals surface area contributed by atoms with Crippen LogP contribution in [0.2, 0.25) is 0 Å². The molecule has 594 valence electrons. The molecule has 3 aromatic carbocycles. The Hall–Kier alpha value is -8.94. The van der Waals surface area contributed by atoms with Crippen LogP contribution in [-0.2, 0) is 72.0 Å². The van der Waals surface area contributed by atoms with Crippen molar-refractivity contribution in [3.05, 3.63) is 112 Å². The molecule has 1 aromatic heterocycles. The van der Waals surface area contributed by atoms with E-state index in [1.807, 2.05) is 125 Å². The number of aliphatic carboxylic acids is 1. The lowest BCUT2D eigenvalue weighted by Gasteiger charge is -2.41. The highest BCUT2D eigenvalue weighted by Gasteiger charge is 2.44. The van der Waals surface area contributed by atoms with E-state index < -0.39 is 96.1 Å². The second kappa shape index (κ2) is 43.2. The van der Waals surface area contributed by atoms with E-state index in [2.05, 4.69) is 36.9 Å². The summed E-state index contributed by atoms with van der Waals surface area (Å²) in [6.45, 7) is 23.3. The van der Waals surface area contributed by atoms with Crippen LogP contribution >= 0.6 is 11.3 Å².